The van der Waals surface area contributed by atoms with E-state index in [9.17, 15) is 9.59 Å². The average Bonchev–Trinajstić information content (AvgIpc) is 2.65. The molecule has 0 atom stereocenters. The molecular formula is C13H7ClN2O2. The Morgan fingerprint density at radius 2 is 2.00 bits per heavy atom. The van der Waals surface area contributed by atoms with Crippen molar-refractivity contribution in [3.8, 4) is 11.3 Å². The predicted molar refractivity (Wildman–Crippen MR) is 67.6 cm³/mol. The molecule has 0 radical (unpaired) electrons. The molecule has 1 aliphatic heterocycles. The Hall–Kier alpha value is -2.20. The number of Topliss-reactive ketones (excluding diaryl/α,β-unsaturated/α-hetero) is 1. The van der Waals surface area contributed by atoms with Crippen LogP contribution in [0.3, 0.4) is 0 Å². The van der Waals surface area contributed by atoms with Gasteiger partial charge in [-0.2, -0.15) is 0 Å². The number of fused-ring (bicyclic) bond motifs is 1. The van der Waals surface area contributed by atoms with Crippen LogP contribution in [-0.4, -0.2) is 16.7 Å². The molecule has 1 aliphatic rings. The number of rotatable bonds is 1. The Balaban J connectivity index is 2.24. The van der Waals surface area contributed by atoms with Gasteiger partial charge in [-0.15, -0.1) is 0 Å². The largest absolute Gasteiger partial charge is 0.318 e. The summed E-state index contributed by atoms with van der Waals surface area (Å²) in [4.78, 5) is 27.3. The number of pyridine rings is 1. The van der Waals surface area contributed by atoms with E-state index in [2.05, 4.69) is 10.3 Å². The van der Waals surface area contributed by atoms with Crippen molar-refractivity contribution in [3.05, 3.63) is 47.1 Å². The highest BCUT2D eigenvalue weighted by atomic mass is 35.5. The lowest BCUT2D eigenvalue weighted by atomic mass is 10.0. The number of hydrogen-bond acceptors (Lipinski definition) is 3. The van der Waals surface area contributed by atoms with Gasteiger partial charge in [0.15, 0.2) is 0 Å². The third kappa shape index (κ3) is 1.58. The number of amides is 1. The van der Waals surface area contributed by atoms with Crippen LogP contribution >= 0.6 is 11.6 Å². The summed E-state index contributed by atoms with van der Waals surface area (Å²) in [6, 6.07) is 8.50. The molecule has 1 amide bonds. The molecule has 1 aromatic heterocycles. The lowest BCUT2D eigenvalue weighted by Gasteiger charge is -2.05. The van der Waals surface area contributed by atoms with E-state index in [1.807, 2.05) is 0 Å². The minimum absolute atomic E-state index is 0.359. The summed E-state index contributed by atoms with van der Waals surface area (Å²) in [5.74, 6) is -1.15. The number of ketones is 1. The molecule has 0 unspecified atom stereocenters. The summed E-state index contributed by atoms with van der Waals surface area (Å²) in [6.07, 6.45) is 1.56. The van der Waals surface area contributed by atoms with E-state index in [1.54, 1.807) is 36.5 Å². The van der Waals surface area contributed by atoms with Crippen molar-refractivity contribution < 1.29 is 9.59 Å². The first-order chi connectivity index (χ1) is 8.66. The molecule has 0 aliphatic carbocycles. The number of anilines is 1. The number of halogens is 1. The maximum Gasteiger partial charge on any atom is 0.296 e. The van der Waals surface area contributed by atoms with E-state index in [4.69, 9.17) is 11.6 Å². The van der Waals surface area contributed by atoms with Crippen LogP contribution in [0.5, 0.6) is 0 Å². The summed E-state index contributed by atoms with van der Waals surface area (Å²) in [5.41, 5.74) is 2.06. The second-order valence-electron chi connectivity index (χ2n) is 3.87. The number of nitrogens with one attached hydrogen (secondary N) is 1. The Labute approximate surface area is 108 Å². The average molecular weight is 259 g/mol. The first kappa shape index (κ1) is 10.9. The monoisotopic (exact) mass is 258 g/mol. The number of carbonyl (C=O) groups is 2. The Morgan fingerprint density at radius 3 is 2.78 bits per heavy atom. The molecule has 2 heterocycles. The van der Waals surface area contributed by atoms with Crippen molar-refractivity contribution in [1.29, 1.82) is 0 Å². The number of hydrogen-bond donors (Lipinski definition) is 1. The second-order valence-corrected chi connectivity index (χ2v) is 4.31. The van der Waals surface area contributed by atoms with Crippen LogP contribution in [0.1, 0.15) is 10.4 Å². The summed E-state index contributed by atoms with van der Waals surface area (Å²) in [7, 11) is 0. The van der Waals surface area contributed by atoms with Crippen LogP contribution in [0.25, 0.3) is 11.3 Å². The molecule has 1 N–H and O–H groups in total. The quantitative estimate of drug-likeness (QED) is 0.800. The molecule has 5 heteroatoms. The molecule has 0 bridgehead atoms. The van der Waals surface area contributed by atoms with Gasteiger partial charge in [0.05, 0.1) is 16.9 Å². The van der Waals surface area contributed by atoms with Gasteiger partial charge in [0.1, 0.15) is 0 Å². The van der Waals surface area contributed by atoms with Gasteiger partial charge in [0.2, 0.25) is 0 Å². The van der Waals surface area contributed by atoms with Crippen LogP contribution in [-0.2, 0) is 4.79 Å². The Morgan fingerprint density at radius 1 is 1.17 bits per heavy atom. The molecule has 3 rings (SSSR count). The van der Waals surface area contributed by atoms with Gasteiger partial charge in [0, 0.05) is 16.8 Å². The Kier molecular flexibility index (Phi) is 2.38. The zero-order chi connectivity index (χ0) is 12.7. The van der Waals surface area contributed by atoms with E-state index in [0.717, 1.165) is 0 Å². The maximum atomic E-state index is 11.8. The molecule has 2 aromatic rings. The highest BCUT2D eigenvalue weighted by Crippen LogP contribution is 2.32. The topological polar surface area (TPSA) is 59.1 Å². The van der Waals surface area contributed by atoms with Gasteiger partial charge in [-0.05, 0) is 18.2 Å². The van der Waals surface area contributed by atoms with Crippen molar-refractivity contribution in [1.82, 2.24) is 4.98 Å². The molecule has 0 spiro atoms. The lowest BCUT2D eigenvalue weighted by Crippen LogP contribution is -2.12. The fraction of sp³-hybridized carbons (Fsp3) is 0. The van der Waals surface area contributed by atoms with Crippen LogP contribution in [0.4, 0.5) is 5.69 Å². The first-order valence-corrected chi connectivity index (χ1v) is 5.65. The van der Waals surface area contributed by atoms with E-state index >= 15 is 0 Å². The standard InChI is InChI=1S/C13H7ClN2O2/c14-7-4-5-15-10(6-7)8-2-1-3-9-11(8)12(17)13(18)16-9/h1-6H,(H,16,17,18). The molecular weight excluding hydrogens is 252 g/mol. The normalized spacial score (nSPS) is 13.4. The van der Waals surface area contributed by atoms with Gasteiger partial charge < -0.3 is 5.32 Å². The zero-order valence-electron chi connectivity index (χ0n) is 9.11. The summed E-state index contributed by atoms with van der Waals surface area (Å²) < 4.78 is 0. The van der Waals surface area contributed by atoms with Gasteiger partial charge in [-0.1, -0.05) is 23.7 Å². The molecule has 1 aromatic carbocycles. The van der Waals surface area contributed by atoms with Gasteiger partial charge >= 0.3 is 0 Å². The SMILES string of the molecule is O=C1Nc2cccc(-c3cc(Cl)ccn3)c2C1=O. The van der Waals surface area contributed by atoms with E-state index in [0.29, 0.717) is 27.5 Å². The van der Waals surface area contributed by atoms with Crippen LogP contribution in [0.15, 0.2) is 36.5 Å². The van der Waals surface area contributed by atoms with Gasteiger partial charge in [0.25, 0.3) is 11.7 Å². The van der Waals surface area contributed by atoms with Crippen molar-refractivity contribution in [2.45, 2.75) is 0 Å². The third-order valence-corrected chi connectivity index (χ3v) is 2.98. The number of carbonyl (C=O) groups excluding carboxylic acids is 2. The molecule has 0 saturated heterocycles. The smallest absolute Gasteiger partial charge is 0.296 e. The molecule has 0 fully saturated rings. The third-order valence-electron chi connectivity index (χ3n) is 2.74. The fourth-order valence-electron chi connectivity index (χ4n) is 1.96. The van der Waals surface area contributed by atoms with Gasteiger partial charge in [-0.25, -0.2) is 0 Å². The summed E-state index contributed by atoms with van der Waals surface area (Å²) >= 11 is 5.90. The van der Waals surface area contributed by atoms with Gasteiger partial charge in [-0.3, -0.25) is 14.6 Å². The second kappa shape index (κ2) is 3.92. The molecule has 18 heavy (non-hydrogen) atoms. The Bertz CT molecular complexity index is 682. The van der Waals surface area contributed by atoms with Crippen molar-refractivity contribution in [2.75, 3.05) is 5.32 Å². The predicted octanol–water partition coefficient (Wildman–Crippen LogP) is 2.54. The number of benzene rings is 1. The number of nitrogens with zero attached hydrogens (tertiary/aromatic N) is 1. The van der Waals surface area contributed by atoms with E-state index in [1.165, 1.54) is 0 Å². The minimum Gasteiger partial charge on any atom is -0.318 e. The van der Waals surface area contributed by atoms with Crippen molar-refractivity contribution in [2.24, 2.45) is 0 Å². The van der Waals surface area contributed by atoms with Crippen LogP contribution < -0.4 is 5.32 Å². The zero-order valence-corrected chi connectivity index (χ0v) is 9.86. The van der Waals surface area contributed by atoms with Crippen LogP contribution in [0.2, 0.25) is 5.02 Å². The van der Waals surface area contributed by atoms with Crippen LogP contribution in [0, 0.1) is 0 Å². The van der Waals surface area contributed by atoms with Crippen molar-refractivity contribution >= 4 is 29.0 Å². The van der Waals surface area contributed by atoms with Crippen molar-refractivity contribution in [3.63, 3.8) is 0 Å². The molecule has 4 nitrogen and oxygen atoms in total. The molecule has 88 valence electrons. The highest BCUT2D eigenvalue weighted by Gasteiger charge is 2.30. The summed E-state index contributed by atoms with van der Waals surface area (Å²) in [6.45, 7) is 0. The first-order valence-electron chi connectivity index (χ1n) is 5.27. The van der Waals surface area contributed by atoms with E-state index < -0.39 is 11.7 Å². The highest BCUT2D eigenvalue weighted by molar-refractivity contribution is 6.52. The maximum absolute atomic E-state index is 11.8. The molecule has 0 saturated carbocycles. The van der Waals surface area contributed by atoms with E-state index in [-0.39, 0.29) is 0 Å². The fourth-order valence-corrected chi connectivity index (χ4v) is 2.12. The number of aromatic nitrogens is 1. The minimum atomic E-state index is -0.612. The summed E-state index contributed by atoms with van der Waals surface area (Å²) in [5, 5.41) is 3.05. The lowest BCUT2D eigenvalue weighted by molar-refractivity contribution is -0.112.